The van der Waals surface area contributed by atoms with Crippen molar-refractivity contribution < 1.29 is 67.1 Å². The number of β-lactam (4-membered cyclic amide) rings is 1. The Morgan fingerprint density at radius 2 is 1.46 bits per heavy atom. The van der Waals surface area contributed by atoms with Gasteiger partial charge in [0.05, 0.1) is 5.25 Å². The van der Waals surface area contributed by atoms with E-state index in [9.17, 15) is 62.3 Å². The molecule has 328 valence electrons. The normalized spacial score (nSPS) is 17.2. The fourth-order valence-electron chi connectivity index (χ4n) is 6.73. The van der Waals surface area contributed by atoms with E-state index in [1.54, 1.807) is 24.3 Å². The van der Waals surface area contributed by atoms with E-state index in [0.717, 1.165) is 64.6 Å². The van der Waals surface area contributed by atoms with Crippen LogP contribution >= 0.6 is 33.3 Å². The number of hydrogen-bond acceptors (Lipinski definition) is 17. The van der Waals surface area contributed by atoms with Gasteiger partial charge in [-0.05, 0) is 45.2 Å². The fourth-order valence-corrected chi connectivity index (χ4v) is 10.1. The highest BCUT2D eigenvalue weighted by Gasteiger charge is 2.57. The van der Waals surface area contributed by atoms with Crippen molar-refractivity contribution in [2.45, 2.75) is 88.0 Å². The van der Waals surface area contributed by atoms with Crippen LogP contribution in [0, 0.1) is 5.41 Å². The molecule has 1 aromatic rings. The lowest BCUT2D eigenvalue weighted by Crippen LogP contribution is -2.60. The average molecular weight is 903 g/mol. The Balaban J connectivity index is 1.26. The largest absolute Gasteiger partial charge is 0.364 e. The van der Waals surface area contributed by atoms with Gasteiger partial charge in [0.25, 0.3) is 0 Å². The van der Waals surface area contributed by atoms with Gasteiger partial charge >= 0.3 is 0 Å². The number of ketones is 7. The van der Waals surface area contributed by atoms with Crippen LogP contribution in [0.3, 0.4) is 0 Å². The molecule has 4 rings (SSSR count). The van der Waals surface area contributed by atoms with Gasteiger partial charge in [-0.25, -0.2) is 0 Å². The Hall–Kier alpha value is -4.86. The Morgan fingerprint density at radius 3 is 2.00 bits per heavy atom. The third kappa shape index (κ3) is 12.0. The Morgan fingerprint density at radius 1 is 0.836 bits per heavy atom. The van der Waals surface area contributed by atoms with Crippen molar-refractivity contribution in [1.29, 1.82) is 0 Å². The number of amides is 6. The predicted molar refractivity (Wildman–Crippen MR) is 220 cm³/mol. The molecule has 0 aromatic heterocycles. The van der Waals surface area contributed by atoms with Gasteiger partial charge in [0.1, 0.15) is 19.3 Å². The zero-order valence-corrected chi connectivity index (χ0v) is 36.4. The van der Waals surface area contributed by atoms with Gasteiger partial charge in [0.2, 0.25) is 40.9 Å². The quantitative estimate of drug-likeness (QED) is 0.0417. The van der Waals surface area contributed by atoms with Crippen LogP contribution in [-0.2, 0) is 79.9 Å². The third-order valence-corrected chi connectivity index (χ3v) is 14.5. The van der Waals surface area contributed by atoms with Crippen LogP contribution in [0.5, 0.6) is 0 Å². The summed E-state index contributed by atoms with van der Waals surface area (Å²) in [6, 6.07) is 5.18. The average Bonchev–Trinajstić information content (AvgIpc) is 3.96. The van der Waals surface area contributed by atoms with Crippen LogP contribution in [0.25, 0.3) is 0 Å². The minimum absolute atomic E-state index is 0.0287. The molecule has 0 radical (unpaired) electrons. The highest BCUT2D eigenvalue weighted by atomic mass is 33.2. The molecule has 21 heteroatoms. The van der Waals surface area contributed by atoms with Crippen LogP contribution in [0.15, 0.2) is 24.3 Å². The molecule has 1 aromatic carbocycles. The molecule has 0 aliphatic carbocycles. The molecule has 3 aliphatic heterocycles. The number of nitrogens with zero attached hydrogens (tertiary/aromatic N) is 2. The van der Waals surface area contributed by atoms with Gasteiger partial charge in [-0.2, -0.15) is 0 Å². The van der Waals surface area contributed by atoms with E-state index in [4.69, 9.17) is 4.74 Å². The summed E-state index contributed by atoms with van der Waals surface area (Å²) in [7, 11) is 2.24. The molecule has 61 heavy (non-hydrogen) atoms. The van der Waals surface area contributed by atoms with Crippen LogP contribution in [-0.4, -0.2) is 140 Å². The lowest BCUT2D eigenvalue weighted by atomic mass is 9.71. The van der Waals surface area contributed by atoms with E-state index in [-0.39, 0.29) is 67.8 Å². The SMILES string of the molecule is CC(=O)C1(C(=O)CCN2C(=O)CC(SCCC(=O)N[C@H](CNC(=O)COCC(=O)Cc3ccc(CCC(=O)N4CCC4=O)cc3)C(=O)C(C(C)=O)(C(C)=O)C(C)=O)C2=O)SS1. The lowest BCUT2D eigenvalue weighted by molar-refractivity contribution is -0.155. The number of imide groups is 2. The van der Waals surface area contributed by atoms with E-state index >= 15 is 0 Å². The van der Waals surface area contributed by atoms with Crippen molar-refractivity contribution in [2.75, 3.05) is 38.6 Å². The van der Waals surface area contributed by atoms with E-state index in [1.807, 2.05) is 0 Å². The zero-order chi connectivity index (χ0) is 45.2. The second-order valence-electron chi connectivity index (χ2n) is 14.6. The third-order valence-electron chi connectivity index (χ3n) is 10.3. The molecule has 0 spiro atoms. The molecule has 6 amide bonds. The molecule has 3 aliphatic rings. The van der Waals surface area contributed by atoms with Crippen molar-refractivity contribution in [3.63, 3.8) is 0 Å². The van der Waals surface area contributed by atoms with E-state index < -0.39 is 93.1 Å². The molecule has 2 atom stereocenters. The van der Waals surface area contributed by atoms with Gasteiger partial charge in [0, 0.05) is 63.9 Å². The topological polar surface area (TPSA) is 262 Å². The van der Waals surface area contributed by atoms with Crippen LogP contribution < -0.4 is 10.6 Å². The highest BCUT2D eigenvalue weighted by Crippen LogP contribution is 2.66. The van der Waals surface area contributed by atoms with Gasteiger partial charge in [-0.15, -0.1) is 11.8 Å². The summed E-state index contributed by atoms with van der Waals surface area (Å²) in [4.78, 5) is 166. The van der Waals surface area contributed by atoms with E-state index in [0.29, 0.717) is 24.9 Å². The molecular weight excluding hydrogens is 857 g/mol. The van der Waals surface area contributed by atoms with Crippen LogP contribution in [0.4, 0.5) is 0 Å². The number of carbonyl (C=O) groups is 13. The maximum absolute atomic E-state index is 13.8. The maximum atomic E-state index is 13.8. The van der Waals surface area contributed by atoms with Gasteiger partial charge in [0.15, 0.2) is 44.6 Å². The summed E-state index contributed by atoms with van der Waals surface area (Å²) in [6.45, 7) is 2.36. The molecule has 3 saturated heterocycles. The van der Waals surface area contributed by atoms with Crippen molar-refractivity contribution >= 4 is 109 Å². The standard InChI is InChI=1S/C40H46N4O14S3/c1-22(45)39(23(2)46,24(3)47)37(56)29(42-32(51)13-16-59-30-18-36(55)44(38(30)57)14-11-31(50)40(25(4)48)60-61-40)19-41-33(52)21-58-20-28(49)17-27-7-5-26(6-8-27)9-10-34(53)43-15-12-35(43)54/h5-8,29-30H,9-21H2,1-4H3,(H,41,52)(H,42,51)/t29-,30?/m1/s1. The number of likely N-dealkylation sites (tertiary alicyclic amines) is 2. The number of benzene rings is 1. The Kier molecular flexibility index (Phi) is 17.0. The Bertz CT molecular complexity index is 2000. The number of hydrogen-bond donors (Lipinski definition) is 2. The smallest absolute Gasteiger partial charge is 0.246 e. The molecule has 3 fully saturated rings. The molecule has 1 unspecified atom stereocenters. The number of ether oxygens (including phenoxy) is 1. The summed E-state index contributed by atoms with van der Waals surface area (Å²) < 4.78 is 4.05. The second kappa shape index (κ2) is 21.3. The summed E-state index contributed by atoms with van der Waals surface area (Å²) in [6.07, 6.45) is 0.221. The van der Waals surface area contributed by atoms with Crippen molar-refractivity contribution in [3.05, 3.63) is 35.4 Å². The zero-order valence-electron chi connectivity index (χ0n) is 34.0. The predicted octanol–water partition coefficient (Wildman–Crippen LogP) is 0.320. The molecule has 0 bridgehead atoms. The van der Waals surface area contributed by atoms with Crippen molar-refractivity contribution in [3.8, 4) is 0 Å². The first-order chi connectivity index (χ1) is 28.7. The number of nitrogens with one attached hydrogen (secondary N) is 2. The summed E-state index contributed by atoms with van der Waals surface area (Å²) in [5, 5.41) is 3.84. The minimum atomic E-state index is -2.77. The number of Topliss-reactive ketones (excluding diaryl/α,β-unsaturated/α-hetero) is 7. The molecule has 0 saturated carbocycles. The number of thioether (sulfide) groups is 1. The van der Waals surface area contributed by atoms with Gasteiger partial charge in [-0.3, -0.25) is 72.1 Å². The first-order valence-corrected chi connectivity index (χ1v) is 22.4. The number of aryl methyl sites for hydroxylation is 1. The lowest BCUT2D eigenvalue weighted by Gasteiger charge is -2.29. The van der Waals surface area contributed by atoms with Crippen LogP contribution in [0.1, 0.15) is 70.9 Å². The first-order valence-electron chi connectivity index (χ1n) is 19.3. The van der Waals surface area contributed by atoms with E-state index in [2.05, 4.69) is 10.6 Å². The van der Waals surface area contributed by atoms with Gasteiger partial charge in [-0.1, -0.05) is 45.9 Å². The number of rotatable bonds is 26. The molecular formula is C40H46N4O14S3. The van der Waals surface area contributed by atoms with Crippen molar-refractivity contribution in [1.82, 2.24) is 20.4 Å². The van der Waals surface area contributed by atoms with Crippen LogP contribution in [0.2, 0.25) is 0 Å². The first kappa shape index (κ1) is 48.8. The molecule has 3 heterocycles. The minimum Gasteiger partial charge on any atom is -0.364 e. The Labute approximate surface area is 362 Å². The van der Waals surface area contributed by atoms with E-state index in [1.165, 1.54) is 11.8 Å². The number of carbonyl (C=O) groups excluding carboxylic acids is 13. The van der Waals surface area contributed by atoms with Gasteiger partial charge < -0.3 is 15.4 Å². The van der Waals surface area contributed by atoms with Crippen molar-refractivity contribution in [2.24, 2.45) is 5.41 Å². The summed E-state index contributed by atoms with van der Waals surface area (Å²) in [5.41, 5.74) is -1.28. The highest BCUT2D eigenvalue weighted by molar-refractivity contribution is 8.94. The fraction of sp³-hybridized carbons (Fsp3) is 0.525. The monoisotopic (exact) mass is 902 g/mol. The summed E-state index contributed by atoms with van der Waals surface area (Å²) in [5.74, 6) is -8.84. The second-order valence-corrected chi connectivity index (χ2v) is 18.8. The summed E-state index contributed by atoms with van der Waals surface area (Å²) >= 11 is 0.974. The maximum Gasteiger partial charge on any atom is 0.246 e. The molecule has 2 N–H and O–H groups in total. The molecule has 18 nitrogen and oxygen atoms in total.